The lowest BCUT2D eigenvalue weighted by atomic mass is 10.3. The summed E-state index contributed by atoms with van der Waals surface area (Å²) in [5.74, 6) is 0.554. The molecule has 0 amide bonds. The monoisotopic (exact) mass is 244 g/mol. The zero-order chi connectivity index (χ0) is 9.10. The molecule has 0 bridgehead atoms. The van der Waals surface area contributed by atoms with Gasteiger partial charge in [-0.05, 0) is 15.9 Å². The molecule has 13 heavy (non-hydrogen) atoms. The van der Waals surface area contributed by atoms with Crippen molar-refractivity contribution in [2.75, 3.05) is 13.2 Å². The van der Waals surface area contributed by atoms with Crippen molar-refractivity contribution >= 4 is 15.9 Å². The van der Waals surface area contributed by atoms with Crippen LogP contribution in [0.4, 0.5) is 0 Å². The number of halogens is 1. The van der Waals surface area contributed by atoms with Crippen LogP contribution in [-0.4, -0.2) is 29.3 Å². The number of rotatable bonds is 2. The van der Waals surface area contributed by atoms with Crippen molar-refractivity contribution < 1.29 is 9.47 Å². The highest BCUT2D eigenvalue weighted by Crippen LogP contribution is 2.14. The topological polar surface area (TPSA) is 44.2 Å². The van der Waals surface area contributed by atoms with Gasteiger partial charge in [-0.15, -0.1) is 0 Å². The summed E-state index contributed by atoms with van der Waals surface area (Å²) < 4.78 is 11.4. The molecule has 70 valence electrons. The zero-order valence-electron chi connectivity index (χ0n) is 6.94. The van der Waals surface area contributed by atoms with Crippen LogP contribution in [0, 0.1) is 0 Å². The minimum atomic E-state index is 0.135. The lowest BCUT2D eigenvalue weighted by Gasteiger charge is -2.09. The summed E-state index contributed by atoms with van der Waals surface area (Å²) in [6.45, 7) is 1.42. The maximum atomic E-state index is 5.51. The van der Waals surface area contributed by atoms with Gasteiger partial charge in [0, 0.05) is 6.42 Å². The van der Waals surface area contributed by atoms with Crippen LogP contribution in [0.15, 0.2) is 17.0 Å². The molecule has 1 aliphatic rings. The number of aromatic nitrogens is 2. The molecule has 0 aromatic carbocycles. The van der Waals surface area contributed by atoms with E-state index in [2.05, 4.69) is 25.9 Å². The SMILES string of the molecule is Brc1cnc(OC2CCOC2)cn1. The summed E-state index contributed by atoms with van der Waals surface area (Å²) in [6, 6.07) is 0. The summed E-state index contributed by atoms with van der Waals surface area (Å²) in [5, 5.41) is 0. The molecule has 0 N–H and O–H groups in total. The van der Waals surface area contributed by atoms with E-state index >= 15 is 0 Å². The van der Waals surface area contributed by atoms with Crippen LogP contribution < -0.4 is 4.74 Å². The van der Waals surface area contributed by atoms with Crippen molar-refractivity contribution in [3.8, 4) is 5.88 Å². The first-order valence-corrected chi connectivity index (χ1v) is 4.86. The molecule has 1 saturated heterocycles. The maximum absolute atomic E-state index is 5.51. The largest absolute Gasteiger partial charge is 0.471 e. The Balaban J connectivity index is 1.97. The van der Waals surface area contributed by atoms with Crippen LogP contribution >= 0.6 is 15.9 Å². The average Bonchev–Trinajstić information content (AvgIpc) is 2.62. The highest BCUT2D eigenvalue weighted by Gasteiger charge is 2.17. The molecular formula is C8H9BrN2O2. The lowest BCUT2D eigenvalue weighted by Crippen LogP contribution is -2.16. The van der Waals surface area contributed by atoms with Crippen molar-refractivity contribution in [2.24, 2.45) is 0 Å². The molecule has 0 spiro atoms. The molecule has 0 saturated carbocycles. The van der Waals surface area contributed by atoms with E-state index in [4.69, 9.17) is 9.47 Å². The molecule has 0 aliphatic carbocycles. The van der Waals surface area contributed by atoms with Gasteiger partial charge in [-0.2, -0.15) is 0 Å². The number of ether oxygens (including phenoxy) is 2. The summed E-state index contributed by atoms with van der Waals surface area (Å²) in [5.41, 5.74) is 0. The molecule has 1 fully saturated rings. The third-order valence-corrected chi connectivity index (χ3v) is 2.18. The summed E-state index contributed by atoms with van der Waals surface area (Å²) in [4.78, 5) is 8.06. The summed E-state index contributed by atoms with van der Waals surface area (Å²) in [6.07, 6.45) is 4.28. The Morgan fingerprint density at radius 3 is 3.00 bits per heavy atom. The Kier molecular flexibility index (Phi) is 2.75. The molecule has 2 heterocycles. The van der Waals surface area contributed by atoms with Gasteiger partial charge < -0.3 is 9.47 Å². The van der Waals surface area contributed by atoms with E-state index in [0.29, 0.717) is 17.1 Å². The number of hydrogen-bond acceptors (Lipinski definition) is 4. The molecule has 1 aromatic heterocycles. The van der Waals surface area contributed by atoms with Crippen molar-refractivity contribution in [1.82, 2.24) is 9.97 Å². The Labute approximate surface area is 84.4 Å². The highest BCUT2D eigenvalue weighted by atomic mass is 79.9. The first kappa shape index (κ1) is 8.90. The van der Waals surface area contributed by atoms with Crippen molar-refractivity contribution in [1.29, 1.82) is 0 Å². The van der Waals surface area contributed by atoms with E-state index < -0.39 is 0 Å². The molecule has 0 radical (unpaired) electrons. The quantitative estimate of drug-likeness (QED) is 0.790. The fourth-order valence-corrected chi connectivity index (χ4v) is 1.34. The number of nitrogens with zero attached hydrogens (tertiary/aromatic N) is 2. The van der Waals surface area contributed by atoms with Crippen LogP contribution in [0.1, 0.15) is 6.42 Å². The van der Waals surface area contributed by atoms with Crippen LogP contribution in [0.25, 0.3) is 0 Å². The van der Waals surface area contributed by atoms with Crippen LogP contribution in [0.3, 0.4) is 0 Å². The predicted molar refractivity (Wildman–Crippen MR) is 49.6 cm³/mol. The average molecular weight is 245 g/mol. The number of hydrogen-bond donors (Lipinski definition) is 0. The second-order valence-corrected chi connectivity index (χ2v) is 3.59. The van der Waals surface area contributed by atoms with Gasteiger partial charge in [-0.3, -0.25) is 0 Å². The molecule has 4 nitrogen and oxygen atoms in total. The van der Waals surface area contributed by atoms with E-state index in [1.54, 1.807) is 12.4 Å². The second-order valence-electron chi connectivity index (χ2n) is 2.78. The Bertz CT molecular complexity index is 272. The molecule has 5 heteroatoms. The third-order valence-electron chi connectivity index (χ3n) is 1.77. The predicted octanol–water partition coefficient (Wildman–Crippen LogP) is 1.41. The standard InChI is InChI=1S/C8H9BrN2O2/c9-7-3-11-8(4-10-7)13-6-1-2-12-5-6/h3-4,6H,1-2,5H2. The minimum absolute atomic E-state index is 0.135. The molecular weight excluding hydrogens is 236 g/mol. The fraction of sp³-hybridized carbons (Fsp3) is 0.500. The summed E-state index contributed by atoms with van der Waals surface area (Å²) >= 11 is 3.20. The van der Waals surface area contributed by atoms with Crippen molar-refractivity contribution in [2.45, 2.75) is 12.5 Å². The van der Waals surface area contributed by atoms with Gasteiger partial charge in [0.25, 0.3) is 0 Å². The maximum Gasteiger partial charge on any atom is 0.232 e. The highest BCUT2D eigenvalue weighted by molar-refractivity contribution is 9.10. The van der Waals surface area contributed by atoms with Crippen molar-refractivity contribution in [3.63, 3.8) is 0 Å². The van der Waals surface area contributed by atoms with E-state index in [1.165, 1.54) is 0 Å². The molecule has 1 atom stereocenters. The summed E-state index contributed by atoms with van der Waals surface area (Å²) in [7, 11) is 0. The Morgan fingerprint density at radius 2 is 2.38 bits per heavy atom. The van der Waals surface area contributed by atoms with Gasteiger partial charge >= 0.3 is 0 Å². The van der Waals surface area contributed by atoms with Gasteiger partial charge in [0.15, 0.2) is 0 Å². The van der Waals surface area contributed by atoms with E-state index in [1.807, 2.05) is 0 Å². The molecule has 1 unspecified atom stereocenters. The molecule has 1 aliphatic heterocycles. The van der Waals surface area contributed by atoms with Gasteiger partial charge in [0.1, 0.15) is 10.7 Å². The van der Waals surface area contributed by atoms with Gasteiger partial charge in [0.2, 0.25) is 5.88 Å². The molecule has 2 rings (SSSR count). The fourth-order valence-electron chi connectivity index (χ4n) is 1.14. The van der Waals surface area contributed by atoms with Crippen LogP contribution in [0.5, 0.6) is 5.88 Å². The second kappa shape index (κ2) is 4.02. The van der Waals surface area contributed by atoms with Crippen molar-refractivity contribution in [3.05, 3.63) is 17.0 Å². The first-order chi connectivity index (χ1) is 6.34. The minimum Gasteiger partial charge on any atom is -0.471 e. The first-order valence-electron chi connectivity index (χ1n) is 4.06. The van der Waals surface area contributed by atoms with E-state index in [9.17, 15) is 0 Å². The van der Waals surface area contributed by atoms with Crippen LogP contribution in [0.2, 0.25) is 0 Å². The Morgan fingerprint density at radius 1 is 1.46 bits per heavy atom. The van der Waals surface area contributed by atoms with Gasteiger partial charge in [0.05, 0.1) is 25.6 Å². The Hall–Kier alpha value is -0.680. The zero-order valence-corrected chi connectivity index (χ0v) is 8.53. The third kappa shape index (κ3) is 2.38. The molecule has 1 aromatic rings. The lowest BCUT2D eigenvalue weighted by molar-refractivity contribution is 0.137. The van der Waals surface area contributed by atoms with E-state index in [-0.39, 0.29) is 6.10 Å². The van der Waals surface area contributed by atoms with E-state index in [0.717, 1.165) is 13.0 Å². The smallest absolute Gasteiger partial charge is 0.232 e. The normalized spacial score (nSPS) is 21.8. The van der Waals surface area contributed by atoms with Gasteiger partial charge in [-0.1, -0.05) is 0 Å². The van der Waals surface area contributed by atoms with Gasteiger partial charge in [-0.25, -0.2) is 9.97 Å². The van der Waals surface area contributed by atoms with Crippen LogP contribution in [-0.2, 0) is 4.74 Å².